The molecule has 0 spiro atoms. The molecule has 34 heavy (non-hydrogen) atoms. The van der Waals surface area contributed by atoms with Crippen molar-refractivity contribution in [3.05, 3.63) is 71.3 Å². The molecule has 4 aromatic rings. The molecule has 0 aliphatic rings. The van der Waals surface area contributed by atoms with E-state index in [1.165, 1.54) is 6.08 Å². The standard InChI is InChI=1S/C26H23ClN2O5/c1-4-33-23-9-5-16(13-24(23)32-3)6-12-25(30)28-18-8-11-22-20(15-18)29-26(34-22)17-7-10-21(31-2)19(27)14-17/h5-15H,4H2,1-3H3,(H,28,30)/b12-6+. The lowest BCUT2D eigenvalue weighted by atomic mass is 10.2. The zero-order chi connectivity index (χ0) is 24.1. The monoisotopic (exact) mass is 478 g/mol. The molecule has 7 nitrogen and oxygen atoms in total. The summed E-state index contributed by atoms with van der Waals surface area (Å²) in [6.07, 6.45) is 3.15. The van der Waals surface area contributed by atoms with Crippen LogP contribution in [0.15, 0.2) is 65.1 Å². The van der Waals surface area contributed by atoms with E-state index in [2.05, 4.69) is 10.3 Å². The van der Waals surface area contributed by atoms with Crippen LogP contribution in [0.5, 0.6) is 17.2 Å². The molecule has 8 heteroatoms. The molecule has 1 N–H and O–H groups in total. The molecule has 4 rings (SSSR count). The number of oxazole rings is 1. The van der Waals surface area contributed by atoms with Gasteiger partial charge in [-0.3, -0.25) is 4.79 Å². The number of halogens is 1. The maximum absolute atomic E-state index is 12.4. The molecule has 0 bridgehead atoms. The van der Waals surface area contributed by atoms with Crippen molar-refractivity contribution in [3.63, 3.8) is 0 Å². The summed E-state index contributed by atoms with van der Waals surface area (Å²) in [5.41, 5.74) is 3.34. The number of rotatable bonds is 8. The number of hydrogen-bond acceptors (Lipinski definition) is 6. The molecule has 0 aliphatic carbocycles. The second kappa shape index (κ2) is 10.3. The highest BCUT2D eigenvalue weighted by atomic mass is 35.5. The number of carbonyl (C=O) groups excluding carboxylic acids is 1. The molecule has 1 amide bonds. The van der Waals surface area contributed by atoms with E-state index in [4.69, 9.17) is 30.2 Å². The highest BCUT2D eigenvalue weighted by Gasteiger charge is 2.12. The van der Waals surface area contributed by atoms with Crippen molar-refractivity contribution in [3.8, 4) is 28.7 Å². The van der Waals surface area contributed by atoms with Gasteiger partial charge in [0.25, 0.3) is 0 Å². The average Bonchev–Trinajstić information content (AvgIpc) is 3.27. The van der Waals surface area contributed by atoms with Gasteiger partial charge in [-0.05, 0) is 67.1 Å². The van der Waals surface area contributed by atoms with Gasteiger partial charge in [-0.25, -0.2) is 4.98 Å². The van der Waals surface area contributed by atoms with Crippen LogP contribution in [0.4, 0.5) is 5.69 Å². The molecule has 0 fully saturated rings. The second-order valence-corrected chi connectivity index (χ2v) is 7.62. The van der Waals surface area contributed by atoms with Crippen molar-refractivity contribution < 1.29 is 23.4 Å². The number of ether oxygens (including phenoxy) is 3. The quantitative estimate of drug-likeness (QED) is 0.303. The van der Waals surface area contributed by atoms with Crippen LogP contribution in [0.2, 0.25) is 5.02 Å². The molecule has 0 unspecified atom stereocenters. The van der Waals surface area contributed by atoms with Crippen LogP contribution in [0.3, 0.4) is 0 Å². The predicted molar refractivity (Wildman–Crippen MR) is 133 cm³/mol. The van der Waals surface area contributed by atoms with Gasteiger partial charge in [0.05, 0.1) is 25.8 Å². The molecule has 3 aromatic carbocycles. The Balaban J connectivity index is 1.48. The van der Waals surface area contributed by atoms with Gasteiger partial charge < -0.3 is 23.9 Å². The summed E-state index contributed by atoms with van der Waals surface area (Å²) >= 11 is 6.21. The van der Waals surface area contributed by atoms with Gasteiger partial charge in [-0.2, -0.15) is 0 Å². The van der Waals surface area contributed by atoms with Crippen molar-refractivity contribution in [1.29, 1.82) is 0 Å². The summed E-state index contributed by atoms with van der Waals surface area (Å²) in [6.45, 7) is 2.45. The lowest BCUT2D eigenvalue weighted by Gasteiger charge is -2.09. The lowest BCUT2D eigenvalue weighted by Crippen LogP contribution is -2.07. The normalized spacial score (nSPS) is 11.1. The number of nitrogens with zero attached hydrogens (tertiary/aromatic N) is 1. The van der Waals surface area contributed by atoms with Gasteiger partial charge >= 0.3 is 0 Å². The molecule has 0 atom stereocenters. The molecular formula is C26H23ClN2O5. The number of amides is 1. The number of carbonyl (C=O) groups is 1. The van der Waals surface area contributed by atoms with Crippen molar-refractivity contribution >= 4 is 40.4 Å². The molecule has 1 heterocycles. The van der Waals surface area contributed by atoms with Crippen molar-refractivity contribution in [2.24, 2.45) is 0 Å². The predicted octanol–water partition coefficient (Wildman–Crippen LogP) is 6.22. The number of anilines is 1. The highest BCUT2D eigenvalue weighted by molar-refractivity contribution is 6.32. The minimum atomic E-state index is -0.280. The van der Waals surface area contributed by atoms with Crippen LogP contribution in [0.1, 0.15) is 12.5 Å². The number of hydrogen-bond donors (Lipinski definition) is 1. The van der Waals surface area contributed by atoms with Crippen LogP contribution in [-0.4, -0.2) is 31.7 Å². The third-order valence-electron chi connectivity index (χ3n) is 4.97. The van der Waals surface area contributed by atoms with Gasteiger partial charge in [-0.15, -0.1) is 0 Å². The Labute approximate surface area is 201 Å². The summed E-state index contributed by atoms with van der Waals surface area (Å²) in [7, 11) is 3.13. The van der Waals surface area contributed by atoms with Crippen LogP contribution >= 0.6 is 11.6 Å². The summed E-state index contributed by atoms with van der Waals surface area (Å²) < 4.78 is 21.9. The first-order chi connectivity index (χ1) is 16.5. The Hall–Kier alpha value is -3.97. The van der Waals surface area contributed by atoms with Crippen molar-refractivity contribution in [2.75, 3.05) is 26.1 Å². The molecule has 174 valence electrons. The minimum Gasteiger partial charge on any atom is -0.495 e. The number of nitrogens with one attached hydrogen (secondary N) is 1. The first-order valence-corrected chi connectivity index (χ1v) is 10.9. The Morgan fingerprint density at radius 3 is 2.56 bits per heavy atom. The molecular weight excluding hydrogens is 456 g/mol. The number of benzene rings is 3. The van der Waals surface area contributed by atoms with E-state index in [0.29, 0.717) is 51.6 Å². The zero-order valence-electron chi connectivity index (χ0n) is 18.9. The van der Waals surface area contributed by atoms with E-state index in [-0.39, 0.29) is 5.91 Å². The smallest absolute Gasteiger partial charge is 0.248 e. The molecule has 0 saturated carbocycles. The van der Waals surface area contributed by atoms with Crippen molar-refractivity contribution in [2.45, 2.75) is 6.92 Å². The number of methoxy groups -OCH3 is 2. The highest BCUT2D eigenvalue weighted by Crippen LogP contribution is 2.32. The summed E-state index contributed by atoms with van der Waals surface area (Å²) in [4.78, 5) is 17.0. The minimum absolute atomic E-state index is 0.280. The first-order valence-electron chi connectivity index (χ1n) is 10.5. The maximum Gasteiger partial charge on any atom is 0.248 e. The van der Waals surface area contributed by atoms with Gasteiger partial charge in [0.1, 0.15) is 11.3 Å². The van der Waals surface area contributed by atoms with Gasteiger partial charge in [0.15, 0.2) is 17.1 Å². The second-order valence-electron chi connectivity index (χ2n) is 7.22. The summed E-state index contributed by atoms with van der Waals surface area (Å²) in [5, 5.41) is 3.30. The number of aromatic nitrogens is 1. The molecule has 1 aromatic heterocycles. The summed E-state index contributed by atoms with van der Waals surface area (Å²) in [6, 6.07) is 16.0. The summed E-state index contributed by atoms with van der Waals surface area (Å²) in [5.74, 6) is 1.98. The van der Waals surface area contributed by atoms with Crippen LogP contribution in [0.25, 0.3) is 28.6 Å². The Morgan fingerprint density at radius 1 is 1.03 bits per heavy atom. The first kappa shape index (κ1) is 23.2. The van der Waals surface area contributed by atoms with E-state index >= 15 is 0 Å². The SMILES string of the molecule is CCOc1ccc(/C=C/C(=O)Nc2ccc3oc(-c4ccc(OC)c(Cl)c4)nc3c2)cc1OC. The molecule has 0 radical (unpaired) electrons. The van der Waals surface area contributed by atoms with E-state index in [1.54, 1.807) is 50.6 Å². The third-order valence-corrected chi connectivity index (χ3v) is 5.26. The Bertz CT molecular complexity index is 1360. The van der Waals surface area contributed by atoms with Gasteiger partial charge in [0, 0.05) is 17.3 Å². The molecule has 0 aliphatic heterocycles. The van der Waals surface area contributed by atoms with Crippen molar-refractivity contribution in [1.82, 2.24) is 4.98 Å². The largest absolute Gasteiger partial charge is 0.495 e. The van der Waals surface area contributed by atoms with Gasteiger partial charge in [-0.1, -0.05) is 17.7 Å². The van der Waals surface area contributed by atoms with E-state index in [0.717, 1.165) is 11.1 Å². The molecule has 0 saturated heterocycles. The fourth-order valence-corrected chi connectivity index (χ4v) is 3.60. The van der Waals surface area contributed by atoms with Crippen LogP contribution < -0.4 is 19.5 Å². The third kappa shape index (κ3) is 5.15. The zero-order valence-corrected chi connectivity index (χ0v) is 19.7. The Kier molecular flexibility index (Phi) is 7.04. The fraction of sp³-hybridized carbons (Fsp3) is 0.154. The lowest BCUT2D eigenvalue weighted by molar-refractivity contribution is -0.111. The number of fused-ring (bicyclic) bond motifs is 1. The van der Waals surface area contributed by atoms with Crippen LogP contribution in [-0.2, 0) is 4.79 Å². The fourth-order valence-electron chi connectivity index (χ4n) is 3.35. The topological polar surface area (TPSA) is 82.8 Å². The van der Waals surface area contributed by atoms with Crippen LogP contribution in [0, 0.1) is 0 Å². The van der Waals surface area contributed by atoms with E-state index < -0.39 is 0 Å². The maximum atomic E-state index is 12.4. The van der Waals surface area contributed by atoms with E-state index in [9.17, 15) is 4.79 Å². The van der Waals surface area contributed by atoms with Gasteiger partial charge in [0.2, 0.25) is 11.8 Å². The average molecular weight is 479 g/mol. The van der Waals surface area contributed by atoms with E-state index in [1.807, 2.05) is 31.2 Å². The Morgan fingerprint density at radius 2 is 1.82 bits per heavy atom.